The highest BCUT2D eigenvalue weighted by Crippen LogP contribution is 2.25. The molecule has 3 rings (SSSR count). The molecule has 0 radical (unpaired) electrons. The van der Waals surface area contributed by atoms with Gasteiger partial charge in [0.15, 0.2) is 0 Å². The number of para-hydroxylation sites is 1. The summed E-state index contributed by atoms with van der Waals surface area (Å²) < 4.78 is 10.6. The number of hydrogen-bond acceptors (Lipinski definition) is 6. The first-order valence-electron chi connectivity index (χ1n) is 8.06. The van der Waals surface area contributed by atoms with Crippen LogP contribution in [-0.4, -0.2) is 54.6 Å². The molecule has 2 aromatic rings. The third-order valence-electron chi connectivity index (χ3n) is 4.39. The summed E-state index contributed by atoms with van der Waals surface area (Å²) in [6.45, 7) is 7.91. The topological polar surface area (TPSA) is 75.3 Å². The molecule has 1 aromatic carbocycles. The van der Waals surface area contributed by atoms with E-state index in [1.807, 2.05) is 0 Å². The molecule has 1 aromatic heterocycles. The fourth-order valence-electron chi connectivity index (χ4n) is 2.89. The van der Waals surface area contributed by atoms with E-state index < -0.39 is 5.63 Å². The molecule has 128 valence electrons. The smallest absolute Gasteiger partial charge is 0.348 e. The maximum Gasteiger partial charge on any atom is 0.348 e. The van der Waals surface area contributed by atoms with E-state index in [9.17, 15) is 9.90 Å². The lowest BCUT2D eigenvalue weighted by molar-refractivity contribution is -0.00676. The normalized spacial score (nSPS) is 16.9. The second-order valence-corrected chi connectivity index (χ2v) is 6.53. The van der Waals surface area contributed by atoms with Crippen molar-refractivity contribution in [2.75, 3.05) is 32.8 Å². The van der Waals surface area contributed by atoms with Crippen LogP contribution in [0.25, 0.3) is 11.0 Å². The van der Waals surface area contributed by atoms with Gasteiger partial charge in [0.1, 0.15) is 16.9 Å². The van der Waals surface area contributed by atoms with Gasteiger partial charge in [0.25, 0.3) is 0 Å². The molecule has 1 aliphatic heterocycles. The van der Waals surface area contributed by atoms with E-state index in [2.05, 4.69) is 23.7 Å². The van der Waals surface area contributed by atoms with Crippen LogP contribution in [0.4, 0.5) is 0 Å². The minimum absolute atomic E-state index is 0.0882. The standard InChI is InChI=1S/C18H22N2O4/c1-18(2,20-7-9-23-10-8-20)12-19-11-14-16(21)13-5-3-4-6-15(13)24-17(14)22/h3-6,11,21H,7-10,12H2,1-2H3. The van der Waals surface area contributed by atoms with Crippen molar-refractivity contribution in [2.45, 2.75) is 19.4 Å². The van der Waals surface area contributed by atoms with Gasteiger partial charge in [-0.25, -0.2) is 4.79 Å². The van der Waals surface area contributed by atoms with E-state index in [0.717, 1.165) is 26.3 Å². The summed E-state index contributed by atoms with van der Waals surface area (Å²) >= 11 is 0. The predicted molar refractivity (Wildman–Crippen MR) is 93.1 cm³/mol. The Bertz CT molecular complexity index is 804. The summed E-state index contributed by atoms with van der Waals surface area (Å²) in [5, 5.41) is 10.8. The summed E-state index contributed by atoms with van der Waals surface area (Å²) in [4.78, 5) is 18.8. The van der Waals surface area contributed by atoms with Crippen LogP contribution in [0, 0.1) is 0 Å². The maximum absolute atomic E-state index is 12.1. The summed E-state index contributed by atoms with van der Waals surface area (Å²) in [6.07, 6.45) is 1.41. The number of aliphatic imine (C=N–C) groups is 1. The van der Waals surface area contributed by atoms with Crippen LogP contribution in [0.5, 0.6) is 5.75 Å². The molecule has 0 bridgehead atoms. The number of aromatic hydroxyl groups is 1. The molecule has 1 aliphatic rings. The zero-order valence-corrected chi connectivity index (χ0v) is 14.0. The van der Waals surface area contributed by atoms with Gasteiger partial charge in [-0.3, -0.25) is 9.89 Å². The zero-order chi connectivity index (χ0) is 17.2. The van der Waals surface area contributed by atoms with E-state index in [4.69, 9.17) is 9.15 Å². The van der Waals surface area contributed by atoms with Crippen LogP contribution in [0.2, 0.25) is 0 Å². The maximum atomic E-state index is 12.1. The molecular formula is C18H22N2O4. The molecule has 1 saturated heterocycles. The number of benzene rings is 1. The Morgan fingerprint density at radius 2 is 2.00 bits per heavy atom. The number of fused-ring (bicyclic) bond motifs is 1. The van der Waals surface area contributed by atoms with Crippen LogP contribution < -0.4 is 5.63 Å². The Balaban J connectivity index is 1.81. The van der Waals surface area contributed by atoms with Gasteiger partial charge >= 0.3 is 5.63 Å². The second-order valence-electron chi connectivity index (χ2n) is 6.53. The monoisotopic (exact) mass is 330 g/mol. The molecule has 2 heterocycles. The second kappa shape index (κ2) is 6.75. The van der Waals surface area contributed by atoms with Gasteiger partial charge in [-0.1, -0.05) is 12.1 Å². The van der Waals surface area contributed by atoms with E-state index in [0.29, 0.717) is 17.5 Å². The van der Waals surface area contributed by atoms with Gasteiger partial charge in [0.05, 0.1) is 25.1 Å². The third kappa shape index (κ3) is 3.34. The van der Waals surface area contributed by atoms with Crippen LogP contribution in [-0.2, 0) is 4.74 Å². The lowest BCUT2D eigenvalue weighted by Gasteiger charge is -2.39. The summed E-state index contributed by atoms with van der Waals surface area (Å²) in [5.41, 5.74) is -0.274. The molecule has 0 saturated carbocycles. The molecule has 6 nitrogen and oxygen atoms in total. The minimum atomic E-state index is -0.584. The van der Waals surface area contributed by atoms with Crippen molar-refractivity contribution in [3.8, 4) is 5.75 Å². The number of rotatable bonds is 4. The van der Waals surface area contributed by atoms with Gasteiger partial charge in [0.2, 0.25) is 0 Å². The minimum Gasteiger partial charge on any atom is -0.506 e. The molecule has 1 N–H and O–H groups in total. The molecule has 0 atom stereocenters. The molecule has 0 aliphatic carbocycles. The highest BCUT2D eigenvalue weighted by Gasteiger charge is 2.27. The van der Waals surface area contributed by atoms with E-state index in [1.54, 1.807) is 24.3 Å². The molecule has 0 amide bonds. The van der Waals surface area contributed by atoms with Crippen molar-refractivity contribution in [2.24, 2.45) is 4.99 Å². The van der Waals surface area contributed by atoms with Crippen molar-refractivity contribution in [3.05, 3.63) is 40.2 Å². The zero-order valence-electron chi connectivity index (χ0n) is 14.0. The number of hydrogen-bond donors (Lipinski definition) is 1. The number of morpholine rings is 1. The van der Waals surface area contributed by atoms with Gasteiger partial charge in [-0.2, -0.15) is 0 Å². The van der Waals surface area contributed by atoms with E-state index in [1.165, 1.54) is 6.21 Å². The van der Waals surface area contributed by atoms with E-state index >= 15 is 0 Å². The van der Waals surface area contributed by atoms with Crippen LogP contribution in [0.3, 0.4) is 0 Å². The van der Waals surface area contributed by atoms with E-state index in [-0.39, 0.29) is 16.9 Å². The fraction of sp³-hybridized carbons (Fsp3) is 0.444. The Kier molecular flexibility index (Phi) is 4.69. The highest BCUT2D eigenvalue weighted by atomic mass is 16.5. The molecule has 1 fully saturated rings. The van der Waals surface area contributed by atoms with Crippen molar-refractivity contribution < 1.29 is 14.3 Å². The molecule has 6 heteroatoms. The van der Waals surface area contributed by atoms with Crippen molar-refractivity contribution >= 4 is 17.2 Å². The Hall–Kier alpha value is -2.18. The Labute approximate surface area is 140 Å². The Morgan fingerprint density at radius 1 is 1.29 bits per heavy atom. The van der Waals surface area contributed by atoms with Crippen LogP contribution >= 0.6 is 0 Å². The first kappa shape index (κ1) is 16.7. The SMILES string of the molecule is CC(C)(CN=Cc1c(O)c2ccccc2oc1=O)N1CCOCC1. The molecular weight excluding hydrogens is 308 g/mol. The Morgan fingerprint density at radius 3 is 2.75 bits per heavy atom. The molecule has 0 unspecified atom stereocenters. The number of nitrogens with zero attached hydrogens (tertiary/aromatic N) is 2. The first-order chi connectivity index (χ1) is 11.5. The highest BCUT2D eigenvalue weighted by molar-refractivity contribution is 5.93. The van der Waals surface area contributed by atoms with Gasteiger partial charge < -0.3 is 14.3 Å². The van der Waals surface area contributed by atoms with Gasteiger partial charge in [-0.15, -0.1) is 0 Å². The average Bonchev–Trinajstić information content (AvgIpc) is 2.58. The van der Waals surface area contributed by atoms with Crippen LogP contribution in [0.1, 0.15) is 19.4 Å². The third-order valence-corrected chi connectivity index (χ3v) is 4.39. The largest absolute Gasteiger partial charge is 0.506 e. The lowest BCUT2D eigenvalue weighted by Crippen LogP contribution is -2.51. The van der Waals surface area contributed by atoms with Crippen molar-refractivity contribution in [1.29, 1.82) is 0 Å². The van der Waals surface area contributed by atoms with Crippen molar-refractivity contribution in [3.63, 3.8) is 0 Å². The first-order valence-corrected chi connectivity index (χ1v) is 8.06. The number of ether oxygens (including phenoxy) is 1. The van der Waals surface area contributed by atoms with Gasteiger partial charge in [0, 0.05) is 24.8 Å². The lowest BCUT2D eigenvalue weighted by atomic mass is 10.0. The fourth-order valence-corrected chi connectivity index (χ4v) is 2.89. The predicted octanol–water partition coefficient (Wildman–Crippen LogP) is 2.03. The van der Waals surface area contributed by atoms with Gasteiger partial charge in [-0.05, 0) is 26.0 Å². The summed E-state index contributed by atoms with van der Waals surface area (Å²) in [6, 6.07) is 6.90. The molecule has 24 heavy (non-hydrogen) atoms. The summed E-state index contributed by atoms with van der Waals surface area (Å²) in [5.74, 6) is -0.0882. The van der Waals surface area contributed by atoms with Crippen molar-refractivity contribution in [1.82, 2.24) is 4.90 Å². The summed E-state index contributed by atoms with van der Waals surface area (Å²) in [7, 11) is 0. The average molecular weight is 330 g/mol. The quantitative estimate of drug-likeness (QED) is 0.686. The molecule has 0 spiro atoms. The van der Waals surface area contributed by atoms with Crippen LogP contribution in [0.15, 0.2) is 38.5 Å².